The van der Waals surface area contributed by atoms with E-state index in [9.17, 15) is 4.79 Å². The molecule has 0 aromatic rings. The van der Waals surface area contributed by atoms with Gasteiger partial charge in [0.2, 0.25) is 0 Å². The Morgan fingerprint density at radius 1 is 1.33 bits per heavy atom. The number of rotatable bonds is 9. The summed E-state index contributed by atoms with van der Waals surface area (Å²) in [6, 6.07) is 0. The summed E-state index contributed by atoms with van der Waals surface area (Å²) in [6.45, 7) is 0.851. The van der Waals surface area contributed by atoms with Crippen molar-refractivity contribution in [1.82, 2.24) is 0 Å². The summed E-state index contributed by atoms with van der Waals surface area (Å²) in [6.07, 6.45) is 1.65. The molecule has 1 N–H and O–H groups in total. The minimum atomic E-state index is -0.270. The van der Waals surface area contributed by atoms with Crippen molar-refractivity contribution >= 4 is 5.97 Å². The molecule has 0 bridgehead atoms. The fourth-order valence-electron chi connectivity index (χ4n) is 1.06. The summed E-state index contributed by atoms with van der Waals surface area (Å²) in [5.74, 6) is -0.203. The molecule has 1 unspecified atom stereocenters. The van der Waals surface area contributed by atoms with Crippen molar-refractivity contribution in [2.24, 2.45) is 0 Å². The molecule has 90 valence electrons. The molecule has 0 aliphatic rings. The van der Waals surface area contributed by atoms with Crippen molar-refractivity contribution in [2.45, 2.75) is 25.4 Å². The Balaban J connectivity index is 3.32. The van der Waals surface area contributed by atoms with E-state index < -0.39 is 0 Å². The van der Waals surface area contributed by atoms with Gasteiger partial charge in [-0.25, -0.2) is 0 Å². The van der Waals surface area contributed by atoms with E-state index in [2.05, 4.69) is 4.74 Å². The number of methoxy groups -OCH3 is 2. The quantitative estimate of drug-likeness (QED) is 0.449. The molecular formula is C10H20O5. The lowest BCUT2D eigenvalue weighted by Crippen LogP contribution is -2.23. The van der Waals surface area contributed by atoms with Gasteiger partial charge in [-0.2, -0.15) is 0 Å². The van der Waals surface area contributed by atoms with E-state index in [0.717, 1.165) is 12.8 Å². The van der Waals surface area contributed by atoms with Crippen molar-refractivity contribution in [3.63, 3.8) is 0 Å². The van der Waals surface area contributed by atoms with E-state index >= 15 is 0 Å². The Morgan fingerprint density at radius 3 is 2.60 bits per heavy atom. The summed E-state index contributed by atoms with van der Waals surface area (Å²) in [5.41, 5.74) is 0. The van der Waals surface area contributed by atoms with Crippen LogP contribution in [0.2, 0.25) is 0 Å². The lowest BCUT2D eigenvalue weighted by Gasteiger charge is -2.13. The second-order valence-electron chi connectivity index (χ2n) is 3.16. The molecular weight excluding hydrogens is 200 g/mol. The fraction of sp³-hybridized carbons (Fsp3) is 0.900. The molecule has 0 saturated carbocycles. The zero-order chi connectivity index (χ0) is 11.5. The number of carbonyl (C=O) groups excluding carboxylic acids is 1. The highest BCUT2D eigenvalue weighted by Gasteiger charge is 2.06. The standard InChI is InChI=1S/C10H20O5/c1-13-8-9(7-11)15-6-4-3-5-10(12)14-2/h9,11H,3-8H2,1-2H3. The third-order valence-corrected chi connectivity index (χ3v) is 1.91. The Bertz CT molecular complexity index is 160. The molecule has 5 nitrogen and oxygen atoms in total. The second kappa shape index (κ2) is 9.89. The largest absolute Gasteiger partial charge is 0.469 e. The van der Waals surface area contributed by atoms with Gasteiger partial charge in [0.1, 0.15) is 6.10 Å². The highest BCUT2D eigenvalue weighted by Crippen LogP contribution is 2.00. The first-order valence-corrected chi connectivity index (χ1v) is 5.02. The number of hydrogen-bond donors (Lipinski definition) is 1. The highest BCUT2D eigenvalue weighted by molar-refractivity contribution is 5.68. The fourth-order valence-corrected chi connectivity index (χ4v) is 1.06. The van der Waals surface area contributed by atoms with Crippen LogP contribution in [-0.2, 0) is 19.0 Å². The predicted octanol–water partition coefficient (Wildman–Crippen LogP) is 0.354. The molecule has 0 aromatic heterocycles. The smallest absolute Gasteiger partial charge is 0.305 e. The third-order valence-electron chi connectivity index (χ3n) is 1.91. The van der Waals surface area contributed by atoms with Crippen molar-refractivity contribution in [1.29, 1.82) is 0 Å². The molecule has 0 spiro atoms. The number of aliphatic hydroxyl groups is 1. The lowest BCUT2D eigenvalue weighted by molar-refractivity contribution is -0.140. The van der Waals surface area contributed by atoms with E-state index in [4.69, 9.17) is 14.6 Å². The van der Waals surface area contributed by atoms with Crippen LogP contribution in [0.15, 0.2) is 0 Å². The topological polar surface area (TPSA) is 65.0 Å². The van der Waals surface area contributed by atoms with E-state index in [1.165, 1.54) is 7.11 Å². The molecule has 0 saturated heterocycles. The van der Waals surface area contributed by atoms with E-state index in [-0.39, 0.29) is 18.7 Å². The Hall–Kier alpha value is -0.650. The Morgan fingerprint density at radius 2 is 2.07 bits per heavy atom. The van der Waals surface area contributed by atoms with Gasteiger partial charge >= 0.3 is 5.97 Å². The molecule has 5 heteroatoms. The summed E-state index contributed by atoms with van der Waals surface area (Å²) >= 11 is 0. The van der Waals surface area contributed by atoms with Crippen LogP contribution < -0.4 is 0 Å². The zero-order valence-electron chi connectivity index (χ0n) is 9.40. The van der Waals surface area contributed by atoms with Crippen LogP contribution in [0.1, 0.15) is 19.3 Å². The maximum absolute atomic E-state index is 10.7. The van der Waals surface area contributed by atoms with Crippen LogP contribution in [-0.4, -0.2) is 51.2 Å². The van der Waals surface area contributed by atoms with Crippen LogP contribution in [0.5, 0.6) is 0 Å². The first kappa shape index (κ1) is 14.3. The minimum Gasteiger partial charge on any atom is -0.469 e. The number of hydrogen-bond acceptors (Lipinski definition) is 5. The van der Waals surface area contributed by atoms with Gasteiger partial charge < -0.3 is 19.3 Å². The SMILES string of the molecule is COCC(CO)OCCCCC(=O)OC. The van der Waals surface area contributed by atoms with Gasteiger partial charge in [0.15, 0.2) is 0 Å². The normalized spacial score (nSPS) is 12.5. The molecule has 0 fully saturated rings. The summed E-state index contributed by atoms with van der Waals surface area (Å²) in [7, 11) is 2.93. The Labute approximate surface area is 90.3 Å². The van der Waals surface area contributed by atoms with E-state index in [1.54, 1.807) is 7.11 Å². The number of carbonyl (C=O) groups is 1. The van der Waals surface area contributed by atoms with Crippen LogP contribution in [0.3, 0.4) is 0 Å². The van der Waals surface area contributed by atoms with Crippen molar-refractivity contribution in [3.8, 4) is 0 Å². The maximum atomic E-state index is 10.7. The minimum absolute atomic E-state index is 0.0508. The molecule has 0 rings (SSSR count). The van der Waals surface area contributed by atoms with Crippen LogP contribution >= 0.6 is 0 Å². The van der Waals surface area contributed by atoms with Gasteiger partial charge in [0, 0.05) is 20.1 Å². The molecule has 0 aliphatic carbocycles. The van der Waals surface area contributed by atoms with Gasteiger partial charge in [-0.05, 0) is 12.8 Å². The number of unbranched alkanes of at least 4 members (excludes halogenated alkanes) is 1. The van der Waals surface area contributed by atoms with Crippen LogP contribution in [0.25, 0.3) is 0 Å². The average molecular weight is 220 g/mol. The number of esters is 1. The van der Waals surface area contributed by atoms with E-state index in [1.807, 2.05) is 0 Å². The summed E-state index contributed by atoms with van der Waals surface area (Å²) in [5, 5.41) is 8.86. The van der Waals surface area contributed by atoms with Crippen LogP contribution in [0.4, 0.5) is 0 Å². The Kier molecular flexibility index (Phi) is 9.46. The van der Waals surface area contributed by atoms with Gasteiger partial charge in [0.25, 0.3) is 0 Å². The molecule has 15 heavy (non-hydrogen) atoms. The molecule has 1 atom stereocenters. The average Bonchev–Trinajstić information content (AvgIpc) is 2.26. The predicted molar refractivity (Wildman–Crippen MR) is 54.6 cm³/mol. The molecule has 0 radical (unpaired) electrons. The molecule has 0 aliphatic heterocycles. The third kappa shape index (κ3) is 8.35. The van der Waals surface area contributed by atoms with Gasteiger partial charge in [-0.1, -0.05) is 0 Å². The zero-order valence-corrected chi connectivity index (χ0v) is 9.40. The van der Waals surface area contributed by atoms with Crippen LogP contribution in [0, 0.1) is 0 Å². The van der Waals surface area contributed by atoms with Gasteiger partial charge in [-0.3, -0.25) is 4.79 Å². The summed E-state index contributed by atoms with van der Waals surface area (Å²) in [4.78, 5) is 10.7. The number of ether oxygens (including phenoxy) is 3. The van der Waals surface area contributed by atoms with Crippen molar-refractivity contribution in [3.05, 3.63) is 0 Å². The van der Waals surface area contributed by atoms with Crippen molar-refractivity contribution in [2.75, 3.05) is 34.0 Å². The maximum Gasteiger partial charge on any atom is 0.305 e. The van der Waals surface area contributed by atoms with Crippen molar-refractivity contribution < 1.29 is 24.1 Å². The highest BCUT2D eigenvalue weighted by atomic mass is 16.5. The van der Waals surface area contributed by atoms with E-state index in [0.29, 0.717) is 19.6 Å². The van der Waals surface area contributed by atoms with Gasteiger partial charge in [-0.15, -0.1) is 0 Å². The molecule has 0 amide bonds. The molecule has 0 heterocycles. The monoisotopic (exact) mass is 220 g/mol. The number of aliphatic hydroxyl groups excluding tert-OH is 1. The lowest BCUT2D eigenvalue weighted by atomic mass is 10.2. The first-order valence-electron chi connectivity index (χ1n) is 5.02. The molecule has 0 aromatic carbocycles. The van der Waals surface area contributed by atoms with Gasteiger partial charge in [0.05, 0.1) is 20.3 Å². The first-order chi connectivity index (χ1) is 7.24. The summed E-state index contributed by atoms with van der Waals surface area (Å²) < 4.78 is 14.7. The second-order valence-corrected chi connectivity index (χ2v) is 3.16.